The molecule has 0 bridgehead atoms. The van der Waals surface area contributed by atoms with E-state index in [-0.39, 0.29) is 5.90 Å². The van der Waals surface area contributed by atoms with E-state index in [1.807, 2.05) is 0 Å². The molecule has 3 nitrogen and oxygen atoms in total. The fourth-order valence-corrected chi connectivity index (χ4v) is 2.35. The molecule has 1 aromatic carbocycles. The molecular weight excluding hydrogens is 279 g/mol. The van der Waals surface area contributed by atoms with Crippen LogP contribution in [-0.2, 0) is 4.18 Å². The van der Waals surface area contributed by atoms with E-state index in [1.165, 1.54) is 0 Å². The minimum absolute atomic E-state index is 0.0103. The summed E-state index contributed by atoms with van der Waals surface area (Å²) >= 11 is -0.547. The summed E-state index contributed by atoms with van der Waals surface area (Å²) < 4.78 is 47.2. The third-order valence-corrected chi connectivity index (χ3v) is 3.50. The van der Waals surface area contributed by atoms with Gasteiger partial charge in [-0.05, 0) is 18.6 Å². The number of fused-ring (bicyclic) bond motifs is 1. The Morgan fingerprint density at radius 3 is 2.63 bits per heavy atom. The van der Waals surface area contributed by atoms with Crippen molar-refractivity contribution in [1.82, 2.24) is 0 Å². The fourth-order valence-electron chi connectivity index (χ4n) is 2.05. The predicted octanol–water partition coefficient (Wildman–Crippen LogP) is 3.89. The summed E-state index contributed by atoms with van der Waals surface area (Å²) in [6.07, 6.45) is 2.35. The number of ether oxygens (including phenoxy) is 1. The van der Waals surface area contributed by atoms with Gasteiger partial charge in [0.25, 0.3) is 0 Å². The summed E-state index contributed by atoms with van der Waals surface area (Å²) in [6.45, 7) is 0. The van der Waals surface area contributed by atoms with Crippen LogP contribution < -0.4 is 4.74 Å². The van der Waals surface area contributed by atoms with Crippen molar-refractivity contribution in [1.29, 1.82) is 0 Å². The molecule has 1 aliphatic heterocycles. The zero-order chi connectivity index (χ0) is 13.5. The summed E-state index contributed by atoms with van der Waals surface area (Å²) in [5.41, 5.74) is -4.73. The first-order valence-electron chi connectivity index (χ1n) is 5.78. The number of nitrogens with zero attached hydrogens (tertiary/aromatic N) is 1. The van der Waals surface area contributed by atoms with Gasteiger partial charge in [0, 0.05) is 12.8 Å². The van der Waals surface area contributed by atoms with E-state index in [4.69, 9.17) is 8.92 Å². The summed E-state index contributed by atoms with van der Waals surface area (Å²) in [5.74, 6) is 0.513. The van der Waals surface area contributed by atoms with Gasteiger partial charge < -0.3 is 8.92 Å². The highest BCUT2D eigenvalue weighted by Crippen LogP contribution is 2.43. The van der Waals surface area contributed by atoms with Crippen LogP contribution in [0.3, 0.4) is 0 Å². The largest absolute Gasteiger partial charge is 0.479 e. The molecule has 0 N–H and O–H groups in total. The van der Waals surface area contributed by atoms with Crippen molar-refractivity contribution in [3.63, 3.8) is 0 Å². The molecule has 1 aliphatic carbocycles. The molecule has 3 rings (SSSR count). The average Bonchev–Trinajstić information content (AvgIpc) is 2.33. The molecule has 19 heavy (non-hydrogen) atoms. The van der Waals surface area contributed by atoms with E-state index in [0.29, 0.717) is 24.2 Å². The Hall–Kier alpha value is -1.37. The number of hydrogen-bond acceptors (Lipinski definition) is 4. The van der Waals surface area contributed by atoms with Crippen molar-refractivity contribution in [3.05, 3.63) is 29.8 Å². The van der Waals surface area contributed by atoms with Gasteiger partial charge in [0.1, 0.15) is 5.75 Å². The van der Waals surface area contributed by atoms with Crippen LogP contribution in [0.5, 0.6) is 5.75 Å². The van der Waals surface area contributed by atoms with E-state index in [9.17, 15) is 13.2 Å². The molecule has 1 saturated carbocycles. The van der Waals surface area contributed by atoms with Gasteiger partial charge >= 0.3 is 5.51 Å². The second kappa shape index (κ2) is 4.33. The maximum absolute atomic E-state index is 12.2. The number of benzene rings is 1. The van der Waals surface area contributed by atoms with Gasteiger partial charge in [-0.15, -0.1) is 0 Å². The lowest BCUT2D eigenvalue weighted by atomic mass is 9.87. The Morgan fingerprint density at radius 2 is 2.00 bits per heavy atom. The number of aliphatic imine (C=N–C) groups is 1. The monoisotopic (exact) mass is 289 g/mol. The highest BCUT2D eigenvalue weighted by molar-refractivity contribution is 7.95. The predicted molar refractivity (Wildman–Crippen MR) is 64.9 cm³/mol. The van der Waals surface area contributed by atoms with E-state index in [0.717, 1.165) is 6.42 Å². The van der Waals surface area contributed by atoms with E-state index in [2.05, 4.69) is 4.99 Å². The first-order chi connectivity index (χ1) is 8.98. The zero-order valence-corrected chi connectivity index (χ0v) is 10.6. The number of halogens is 3. The van der Waals surface area contributed by atoms with E-state index < -0.39 is 23.3 Å². The molecular formula is C12H10F3NO2S. The molecule has 102 valence electrons. The first-order valence-corrected chi connectivity index (χ1v) is 6.52. The van der Waals surface area contributed by atoms with Crippen molar-refractivity contribution in [2.45, 2.75) is 30.5 Å². The maximum atomic E-state index is 12.2. The summed E-state index contributed by atoms with van der Waals surface area (Å²) in [5, 5.41) is 0. The van der Waals surface area contributed by atoms with Crippen LogP contribution in [0.1, 0.15) is 24.8 Å². The molecule has 0 unspecified atom stereocenters. The second-order valence-corrected chi connectivity index (χ2v) is 5.22. The van der Waals surface area contributed by atoms with Gasteiger partial charge in [-0.3, -0.25) is 0 Å². The summed E-state index contributed by atoms with van der Waals surface area (Å²) in [6, 6.07) is 6.82. The van der Waals surface area contributed by atoms with Gasteiger partial charge in [-0.2, -0.15) is 13.2 Å². The van der Waals surface area contributed by atoms with Crippen molar-refractivity contribution < 1.29 is 22.1 Å². The molecule has 7 heteroatoms. The Labute approximate surface area is 112 Å². The molecule has 1 aromatic rings. The Balaban J connectivity index is 1.89. The van der Waals surface area contributed by atoms with Gasteiger partial charge in [-0.1, -0.05) is 12.1 Å². The van der Waals surface area contributed by atoms with E-state index >= 15 is 0 Å². The third-order valence-electron chi connectivity index (χ3n) is 3.07. The molecule has 0 amide bonds. The molecule has 1 spiro atoms. The Morgan fingerprint density at radius 1 is 1.26 bits per heavy atom. The molecule has 1 heterocycles. The van der Waals surface area contributed by atoms with Crippen LogP contribution >= 0.6 is 12.0 Å². The van der Waals surface area contributed by atoms with Crippen molar-refractivity contribution in [2.24, 2.45) is 4.99 Å². The maximum Gasteiger partial charge on any atom is 0.479 e. The van der Waals surface area contributed by atoms with Crippen LogP contribution in [0.15, 0.2) is 29.3 Å². The highest BCUT2D eigenvalue weighted by Gasteiger charge is 2.44. The summed E-state index contributed by atoms with van der Waals surface area (Å²) in [7, 11) is 0. The van der Waals surface area contributed by atoms with Crippen LogP contribution in [0, 0.1) is 0 Å². The Bertz CT molecular complexity index is 526. The van der Waals surface area contributed by atoms with Gasteiger partial charge in [-0.25, -0.2) is 4.99 Å². The minimum atomic E-state index is -4.46. The lowest BCUT2D eigenvalue weighted by molar-refractivity contribution is -0.0378. The fraction of sp³-hybridized carbons (Fsp3) is 0.417. The molecule has 1 fully saturated rings. The average molecular weight is 289 g/mol. The molecule has 0 saturated heterocycles. The number of alkyl halides is 3. The normalized spacial score (nSPS) is 20.1. The lowest BCUT2D eigenvalue weighted by Gasteiger charge is -2.41. The van der Waals surface area contributed by atoms with Gasteiger partial charge in [0.15, 0.2) is 12.0 Å². The standard InChI is InChI=1S/C12H10F3NO2S/c13-12(14,15)19-18-10-8-4-1-2-5-9(8)17-11(16-10)6-3-7-11/h1-2,4-5H,3,6-7H2. The van der Waals surface area contributed by atoms with Crippen LogP contribution in [0.25, 0.3) is 0 Å². The second-order valence-electron chi connectivity index (χ2n) is 4.43. The Kier molecular flexibility index (Phi) is 2.88. The smallest absolute Gasteiger partial charge is 0.465 e. The topological polar surface area (TPSA) is 30.8 Å². The van der Waals surface area contributed by atoms with Crippen LogP contribution in [0.2, 0.25) is 0 Å². The van der Waals surface area contributed by atoms with Crippen molar-refractivity contribution >= 4 is 17.9 Å². The molecule has 2 aliphatic rings. The van der Waals surface area contributed by atoms with Crippen LogP contribution in [0.4, 0.5) is 13.2 Å². The van der Waals surface area contributed by atoms with Crippen molar-refractivity contribution in [2.75, 3.05) is 0 Å². The molecule has 0 aromatic heterocycles. The molecule has 0 radical (unpaired) electrons. The third kappa shape index (κ3) is 2.51. The minimum Gasteiger partial charge on any atom is -0.465 e. The number of hydrogen-bond donors (Lipinski definition) is 0. The lowest BCUT2D eigenvalue weighted by Crippen LogP contribution is -2.44. The van der Waals surface area contributed by atoms with Crippen LogP contribution in [-0.4, -0.2) is 17.1 Å². The SMILES string of the molecule is FC(F)(F)SOC1=NC2(CCC2)Oc2ccccc21. The summed E-state index contributed by atoms with van der Waals surface area (Å²) in [4.78, 5) is 4.21. The van der Waals surface area contributed by atoms with Gasteiger partial charge in [0.2, 0.25) is 11.6 Å². The van der Waals surface area contributed by atoms with Crippen molar-refractivity contribution in [3.8, 4) is 5.75 Å². The molecule has 0 atom stereocenters. The number of para-hydroxylation sites is 1. The van der Waals surface area contributed by atoms with Gasteiger partial charge in [0.05, 0.1) is 5.56 Å². The van der Waals surface area contributed by atoms with E-state index in [1.54, 1.807) is 24.3 Å². The number of rotatable bonds is 1. The quantitative estimate of drug-likeness (QED) is 0.735. The first kappa shape index (κ1) is 12.7. The zero-order valence-electron chi connectivity index (χ0n) is 9.74. The highest BCUT2D eigenvalue weighted by atomic mass is 32.2.